The minimum atomic E-state index is -3.35. The van der Waals surface area contributed by atoms with Crippen LogP contribution >= 0.6 is 0 Å². The first-order valence-electron chi connectivity index (χ1n) is 8.65. The number of nitrogens with one attached hydrogen (secondary N) is 2. The summed E-state index contributed by atoms with van der Waals surface area (Å²) in [5, 5.41) is 4.91. The maximum atomic E-state index is 11.4. The minimum Gasteiger partial charge on any atom is -0.481 e. The van der Waals surface area contributed by atoms with Crippen LogP contribution in [0.2, 0.25) is 0 Å². The van der Waals surface area contributed by atoms with Gasteiger partial charge in [-0.25, -0.2) is 18.4 Å². The molecule has 2 N–H and O–H groups in total. The maximum absolute atomic E-state index is 11.4. The Bertz CT molecular complexity index is 1280. The second-order valence-corrected chi connectivity index (χ2v) is 8.11. The number of aromatic nitrogens is 2. The number of fused-ring (bicyclic) bond motifs is 1. The first-order valence-corrected chi connectivity index (χ1v) is 10.5. The predicted octanol–water partition coefficient (Wildman–Crippen LogP) is 4.01. The molecule has 0 fully saturated rings. The number of pyridine rings is 1. The van der Waals surface area contributed by atoms with Crippen LogP contribution in [0.1, 0.15) is 0 Å². The lowest BCUT2D eigenvalue weighted by Gasteiger charge is -2.07. The molecule has 9 heteroatoms. The zero-order valence-corrected chi connectivity index (χ0v) is 16.5. The van der Waals surface area contributed by atoms with Crippen molar-refractivity contribution in [2.45, 2.75) is 0 Å². The molecule has 0 atom stereocenters. The molecule has 0 aliphatic rings. The summed E-state index contributed by atoms with van der Waals surface area (Å²) >= 11 is 0. The lowest BCUT2D eigenvalue weighted by Crippen LogP contribution is -2.09. The van der Waals surface area contributed by atoms with Gasteiger partial charge in [0, 0.05) is 22.8 Å². The maximum Gasteiger partial charge on any atom is 0.299 e. The molecule has 2 aromatic heterocycles. The second kappa shape index (κ2) is 7.44. The van der Waals surface area contributed by atoms with E-state index in [9.17, 15) is 8.42 Å². The van der Waals surface area contributed by atoms with Gasteiger partial charge in [0.1, 0.15) is 0 Å². The van der Waals surface area contributed by atoms with Gasteiger partial charge in [-0.05, 0) is 41.8 Å². The van der Waals surface area contributed by atoms with Crippen molar-refractivity contribution in [3.63, 3.8) is 0 Å². The third kappa shape index (κ3) is 4.30. The summed E-state index contributed by atoms with van der Waals surface area (Å²) in [5.41, 5.74) is 1.95. The standard InChI is InChI=1S/C20H18N4O4S/c1-27-19-17-7-6-14(10-13(17)8-9-21-19)18-12-22-20(28-18)23-15-4-3-5-16(11-15)24-29(2,25)26/h3-12,24H,1-2H3,(H,22,23). The van der Waals surface area contributed by atoms with Crippen LogP contribution in [0.4, 0.5) is 17.4 Å². The minimum absolute atomic E-state index is 0.295. The fraction of sp³-hybridized carbons (Fsp3) is 0.100. The number of nitrogens with zero attached hydrogens (tertiary/aromatic N) is 2. The molecular formula is C20H18N4O4S. The number of ether oxygens (including phenoxy) is 1. The molecule has 0 aliphatic carbocycles. The molecule has 148 valence electrons. The molecule has 2 aromatic carbocycles. The highest BCUT2D eigenvalue weighted by atomic mass is 32.2. The van der Waals surface area contributed by atoms with E-state index >= 15 is 0 Å². The van der Waals surface area contributed by atoms with E-state index in [-0.39, 0.29) is 0 Å². The number of sulfonamides is 1. The van der Waals surface area contributed by atoms with Gasteiger partial charge in [-0.15, -0.1) is 0 Å². The van der Waals surface area contributed by atoms with Gasteiger partial charge in [-0.3, -0.25) is 4.72 Å². The molecule has 0 unspecified atom stereocenters. The molecule has 8 nitrogen and oxygen atoms in total. The highest BCUT2D eigenvalue weighted by molar-refractivity contribution is 7.92. The van der Waals surface area contributed by atoms with E-state index in [1.165, 1.54) is 0 Å². The lowest BCUT2D eigenvalue weighted by molar-refractivity contribution is 0.403. The van der Waals surface area contributed by atoms with Crippen LogP contribution in [0.3, 0.4) is 0 Å². The van der Waals surface area contributed by atoms with Crippen LogP contribution in [-0.2, 0) is 10.0 Å². The fourth-order valence-electron chi connectivity index (χ4n) is 2.93. The van der Waals surface area contributed by atoms with E-state index < -0.39 is 10.0 Å². The van der Waals surface area contributed by atoms with Crippen molar-refractivity contribution < 1.29 is 17.6 Å². The average Bonchev–Trinajstić information content (AvgIpc) is 3.14. The zero-order chi connectivity index (χ0) is 20.4. The van der Waals surface area contributed by atoms with Crippen LogP contribution in [0.5, 0.6) is 5.88 Å². The molecular weight excluding hydrogens is 392 g/mol. The lowest BCUT2D eigenvalue weighted by atomic mass is 10.1. The van der Waals surface area contributed by atoms with E-state index in [0.717, 1.165) is 22.6 Å². The molecule has 0 aliphatic heterocycles. The Morgan fingerprint density at radius 1 is 1.03 bits per heavy atom. The number of benzene rings is 2. The highest BCUT2D eigenvalue weighted by Gasteiger charge is 2.10. The molecule has 4 aromatic rings. The predicted molar refractivity (Wildman–Crippen MR) is 112 cm³/mol. The van der Waals surface area contributed by atoms with Gasteiger partial charge in [0.25, 0.3) is 6.01 Å². The third-order valence-corrected chi connectivity index (χ3v) is 4.73. The molecule has 0 saturated carbocycles. The summed E-state index contributed by atoms with van der Waals surface area (Å²) in [5.74, 6) is 1.16. The van der Waals surface area contributed by atoms with Gasteiger partial charge >= 0.3 is 0 Å². The summed E-state index contributed by atoms with van der Waals surface area (Å²) in [4.78, 5) is 8.45. The molecule has 0 bridgehead atoms. The third-order valence-electron chi connectivity index (χ3n) is 4.13. The average molecular weight is 410 g/mol. The van der Waals surface area contributed by atoms with Gasteiger partial charge in [0.05, 0.1) is 25.2 Å². The van der Waals surface area contributed by atoms with E-state index in [4.69, 9.17) is 9.15 Å². The Labute approximate surface area is 167 Å². The monoisotopic (exact) mass is 410 g/mol. The van der Waals surface area contributed by atoms with Crippen molar-refractivity contribution in [2.75, 3.05) is 23.4 Å². The number of anilines is 3. The van der Waals surface area contributed by atoms with Crippen molar-refractivity contribution in [3.05, 3.63) is 60.9 Å². The Morgan fingerprint density at radius 2 is 1.86 bits per heavy atom. The number of oxazole rings is 1. The topological polar surface area (TPSA) is 106 Å². The number of rotatable bonds is 6. The van der Waals surface area contributed by atoms with E-state index in [0.29, 0.717) is 29.0 Å². The van der Waals surface area contributed by atoms with Gasteiger partial charge in [-0.1, -0.05) is 12.1 Å². The number of hydrogen-bond donors (Lipinski definition) is 2. The van der Waals surface area contributed by atoms with Gasteiger partial charge in [-0.2, -0.15) is 0 Å². The molecule has 29 heavy (non-hydrogen) atoms. The molecule has 0 radical (unpaired) electrons. The van der Waals surface area contributed by atoms with Crippen LogP contribution in [-0.4, -0.2) is 31.8 Å². The smallest absolute Gasteiger partial charge is 0.299 e. The summed E-state index contributed by atoms with van der Waals surface area (Å²) in [7, 11) is -1.76. The Morgan fingerprint density at radius 3 is 2.66 bits per heavy atom. The molecule has 4 rings (SSSR count). The number of hydrogen-bond acceptors (Lipinski definition) is 7. The second-order valence-electron chi connectivity index (χ2n) is 6.37. The van der Waals surface area contributed by atoms with Crippen molar-refractivity contribution >= 4 is 38.2 Å². The van der Waals surface area contributed by atoms with E-state index in [1.54, 1.807) is 43.8 Å². The van der Waals surface area contributed by atoms with Gasteiger partial charge in [0.15, 0.2) is 5.76 Å². The van der Waals surface area contributed by atoms with Crippen LogP contribution < -0.4 is 14.8 Å². The molecule has 0 spiro atoms. The SMILES string of the molecule is COc1nccc2cc(-c3cnc(Nc4cccc(NS(C)(=O)=O)c4)o3)ccc12. The molecule has 0 saturated heterocycles. The summed E-state index contributed by atoms with van der Waals surface area (Å²) in [6.45, 7) is 0. The molecule has 0 amide bonds. The van der Waals surface area contributed by atoms with Crippen LogP contribution in [0.15, 0.2) is 65.3 Å². The Hall–Kier alpha value is -3.59. The Balaban J connectivity index is 1.58. The van der Waals surface area contributed by atoms with Crippen molar-refractivity contribution in [1.82, 2.24) is 9.97 Å². The first kappa shape index (κ1) is 18.8. The highest BCUT2D eigenvalue weighted by Crippen LogP contribution is 2.30. The van der Waals surface area contributed by atoms with E-state index in [2.05, 4.69) is 20.0 Å². The largest absolute Gasteiger partial charge is 0.481 e. The fourth-order valence-corrected chi connectivity index (χ4v) is 3.48. The summed E-state index contributed by atoms with van der Waals surface area (Å²) < 4.78 is 36.3. The zero-order valence-electron chi connectivity index (χ0n) is 15.7. The molecule has 2 heterocycles. The van der Waals surface area contributed by atoms with Crippen molar-refractivity contribution in [3.8, 4) is 17.2 Å². The number of methoxy groups -OCH3 is 1. The normalized spacial score (nSPS) is 11.4. The van der Waals surface area contributed by atoms with Crippen molar-refractivity contribution in [2.24, 2.45) is 0 Å². The van der Waals surface area contributed by atoms with E-state index in [1.807, 2.05) is 24.3 Å². The van der Waals surface area contributed by atoms with Gasteiger partial charge < -0.3 is 14.5 Å². The Kier molecular flexibility index (Phi) is 4.81. The first-order chi connectivity index (χ1) is 13.9. The summed E-state index contributed by atoms with van der Waals surface area (Å²) in [6, 6.07) is 14.8. The van der Waals surface area contributed by atoms with Crippen molar-refractivity contribution in [1.29, 1.82) is 0 Å². The quantitative estimate of drug-likeness (QED) is 0.494. The van der Waals surface area contributed by atoms with Crippen LogP contribution in [0, 0.1) is 0 Å². The summed E-state index contributed by atoms with van der Waals surface area (Å²) in [6.07, 6.45) is 4.42. The van der Waals surface area contributed by atoms with Gasteiger partial charge in [0.2, 0.25) is 15.9 Å². The van der Waals surface area contributed by atoms with Crippen LogP contribution in [0.25, 0.3) is 22.1 Å².